The second-order valence-corrected chi connectivity index (χ2v) is 12.9. The third-order valence-corrected chi connectivity index (χ3v) is 9.45. The van der Waals surface area contributed by atoms with E-state index >= 15 is 0 Å². The number of hydrogen-bond donors (Lipinski definition) is 0. The number of aromatic nitrogens is 2. The van der Waals surface area contributed by atoms with Crippen molar-refractivity contribution in [3.05, 3.63) is 41.2 Å². The van der Waals surface area contributed by atoms with Gasteiger partial charge >= 0.3 is 0 Å². The fourth-order valence-electron chi connectivity index (χ4n) is 3.93. The van der Waals surface area contributed by atoms with Crippen LogP contribution in [-0.4, -0.2) is 43.4 Å². The molecule has 0 N–H and O–H groups in total. The quantitative estimate of drug-likeness (QED) is 0.707. The summed E-state index contributed by atoms with van der Waals surface area (Å²) in [5.74, 6) is 0.272. The third kappa shape index (κ3) is 4.07. The Bertz CT molecular complexity index is 1140. The fraction of sp³-hybridized carbons (Fsp3) is 0.571. The molecule has 0 unspecified atom stereocenters. The molecule has 1 fully saturated rings. The minimum Gasteiger partial charge on any atom is -0.207 e. The standard InChI is InChI=1S/C21H31N3O4S2/c1-15-8-7-13-23(14-15)30(27,28)20-16(2)22-24(17(20)3)29(25,26)19-11-9-18(10-12-19)21(4,5)6/h9-12,15H,7-8,13-14H2,1-6H3/t15-/m0/s1. The minimum absolute atomic E-state index is 0.00788. The van der Waals surface area contributed by atoms with Gasteiger partial charge < -0.3 is 0 Å². The maximum atomic E-state index is 13.3. The third-order valence-electron chi connectivity index (χ3n) is 5.65. The van der Waals surface area contributed by atoms with E-state index in [4.69, 9.17) is 0 Å². The zero-order valence-electron chi connectivity index (χ0n) is 18.5. The van der Waals surface area contributed by atoms with Crippen molar-refractivity contribution in [2.24, 2.45) is 5.92 Å². The van der Waals surface area contributed by atoms with Gasteiger partial charge in [-0.15, -0.1) is 0 Å². The second kappa shape index (κ2) is 7.76. The number of rotatable bonds is 4. The maximum absolute atomic E-state index is 13.3. The van der Waals surface area contributed by atoms with Gasteiger partial charge in [0.1, 0.15) is 4.90 Å². The Morgan fingerprint density at radius 2 is 1.60 bits per heavy atom. The van der Waals surface area contributed by atoms with Crippen molar-refractivity contribution in [3.63, 3.8) is 0 Å². The zero-order chi connectivity index (χ0) is 22.5. The largest absolute Gasteiger partial charge is 0.283 e. The summed E-state index contributed by atoms with van der Waals surface area (Å²) in [5.41, 5.74) is 1.22. The van der Waals surface area contributed by atoms with Gasteiger partial charge in [-0.1, -0.05) is 39.8 Å². The molecule has 0 amide bonds. The molecule has 0 bridgehead atoms. The van der Waals surface area contributed by atoms with Crippen LogP contribution >= 0.6 is 0 Å². The van der Waals surface area contributed by atoms with Crippen LogP contribution < -0.4 is 0 Å². The second-order valence-electron chi connectivity index (χ2n) is 9.23. The lowest BCUT2D eigenvalue weighted by atomic mass is 9.87. The van der Waals surface area contributed by atoms with Gasteiger partial charge in [-0.25, -0.2) is 8.42 Å². The summed E-state index contributed by atoms with van der Waals surface area (Å²) in [5, 5.41) is 4.13. The van der Waals surface area contributed by atoms with Crippen molar-refractivity contribution < 1.29 is 16.8 Å². The summed E-state index contributed by atoms with van der Waals surface area (Å²) in [7, 11) is -7.83. The molecule has 30 heavy (non-hydrogen) atoms. The molecule has 0 spiro atoms. The van der Waals surface area contributed by atoms with E-state index in [9.17, 15) is 16.8 Å². The molecular weight excluding hydrogens is 422 g/mol. The van der Waals surface area contributed by atoms with Crippen LogP contribution in [-0.2, 0) is 25.5 Å². The van der Waals surface area contributed by atoms with E-state index in [2.05, 4.69) is 25.9 Å². The van der Waals surface area contributed by atoms with E-state index in [0.717, 1.165) is 22.5 Å². The fourth-order valence-corrected chi connectivity index (χ4v) is 7.30. The highest BCUT2D eigenvalue weighted by Gasteiger charge is 2.35. The lowest BCUT2D eigenvalue weighted by molar-refractivity contribution is 0.281. The van der Waals surface area contributed by atoms with Gasteiger partial charge in [-0.05, 0) is 55.7 Å². The molecule has 2 heterocycles. The number of piperidine rings is 1. The predicted octanol–water partition coefficient (Wildman–Crippen LogP) is 3.46. The summed E-state index contributed by atoms with van der Waals surface area (Å²) < 4.78 is 55.3. The monoisotopic (exact) mass is 453 g/mol. The molecule has 2 aromatic rings. The topological polar surface area (TPSA) is 89.3 Å². The lowest BCUT2D eigenvalue weighted by Gasteiger charge is -2.30. The van der Waals surface area contributed by atoms with Crippen molar-refractivity contribution in [3.8, 4) is 0 Å². The molecule has 7 nitrogen and oxygen atoms in total. The molecule has 166 valence electrons. The average Bonchev–Trinajstić information content (AvgIpc) is 2.96. The van der Waals surface area contributed by atoms with Crippen LogP contribution in [0.1, 0.15) is 57.5 Å². The minimum atomic E-state index is -4.01. The molecule has 0 radical (unpaired) electrons. The number of sulfonamides is 1. The Kier molecular flexibility index (Phi) is 5.94. The highest BCUT2D eigenvalue weighted by Crippen LogP contribution is 2.30. The van der Waals surface area contributed by atoms with Crippen LogP contribution in [0, 0.1) is 19.8 Å². The molecule has 1 aliphatic heterocycles. The van der Waals surface area contributed by atoms with Crippen LogP contribution in [0.25, 0.3) is 0 Å². The normalized spacial score (nSPS) is 19.2. The first kappa shape index (κ1) is 23.0. The summed E-state index contributed by atoms with van der Waals surface area (Å²) in [6.45, 7) is 12.1. The van der Waals surface area contributed by atoms with Crippen molar-refractivity contribution >= 4 is 20.0 Å². The van der Waals surface area contributed by atoms with Gasteiger partial charge in [-0.3, -0.25) is 0 Å². The Morgan fingerprint density at radius 3 is 2.13 bits per heavy atom. The van der Waals surface area contributed by atoms with Crippen LogP contribution in [0.2, 0.25) is 0 Å². The summed E-state index contributed by atoms with van der Waals surface area (Å²) in [6, 6.07) is 6.66. The predicted molar refractivity (Wildman–Crippen MR) is 117 cm³/mol. The summed E-state index contributed by atoms with van der Waals surface area (Å²) >= 11 is 0. The van der Waals surface area contributed by atoms with Crippen molar-refractivity contribution in [2.45, 2.75) is 69.6 Å². The van der Waals surface area contributed by atoms with Crippen LogP contribution in [0.5, 0.6) is 0 Å². The van der Waals surface area contributed by atoms with E-state index in [-0.39, 0.29) is 32.5 Å². The molecule has 1 aromatic heterocycles. The summed E-state index contributed by atoms with van der Waals surface area (Å²) in [4.78, 5) is 0.0723. The maximum Gasteiger partial charge on any atom is 0.283 e. The lowest BCUT2D eigenvalue weighted by Crippen LogP contribution is -2.39. The van der Waals surface area contributed by atoms with Crippen molar-refractivity contribution in [1.82, 2.24) is 13.5 Å². The Hall–Kier alpha value is -1.71. The molecule has 9 heteroatoms. The molecule has 1 atom stereocenters. The van der Waals surface area contributed by atoms with Crippen molar-refractivity contribution in [1.29, 1.82) is 0 Å². The van der Waals surface area contributed by atoms with Gasteiger partial charge in [0, 0.05) is 13.1 Å². The number of hydrogen-bond acceptors (Lipinski definition) is 5. The molecule has 0 aliphatic carbocycles. The summed E-state index contributed by atoms with van der Waals surface area (Å²) in [6.07, 6.45) is 1.78. The molecule has 1 saturated heterocycles. The van der Waals surface area contributed by atoms with E-state index in [0.29, 0.717) is 13.1 Å². The molecule has 1 aromatic carbocycles. The van der Waals surface area contributed by atoms with Gasteiger partial charge in [0.25, 0.3) is 10.0 Å². The smallest absolute Gasteiger partial charge is 0.207 e. The molecule has 3 rings (SSSR count). The first-order chi connectivity index (χ1) is 13.8. The number of nitrogens with zero attached hydrogens (tertiary/aromatic N) is 3. The highest BCUT2D eigenvalue weighted by molar-refractivity contribution is 7.90. The van der Waals surface area contributed by atoms with Crippen LogP contribution in [0.4, 0.5) is 0 Å². The number of aryl methyl sites for hydroxylation is 1. The van der Waals surface area contributed by atoms with Gasteiger partial charge in [0.15, 0.2) is 0 Å². The number of benzene rings is 1. The SMILES string of the molecule is Cc1nn(S(=O)(=O)c2ccc(C(C)(C)C)cc2)c(C)c1S(=O)(=O)N1CCC[C@H](C)C1. The first-order valence-corrected chi connectivity index (χ1v) is 13.1. The Morgan fingerprint density at radius 1 is 1.00 bits per heavy atom. The first-order valence-electron chi connectivity index (χ1n) is 10.2. The highest BCUT2D eigenvalue weighted by atomic mass is 32.2. The Balaban J connectivity index is 2.04. The van der Waals surface area contributed by atoms with Crippen LogP contribution in [0.3, 0.4) is 0 Å². The van der Waals surface area contributed by atoms with E-state index < -0.39 is 20.0 Å². The average molecular weight is 454 g/mol. The van der Waals surface area contributed by atoms with Crippen molar-refractivity contribution in [2.75, 3.05) is 13.1 Å². The van der Waals surface area contributed by atoms with E-state index in [1.807, 2.05) is 6.92 Å². The van der Waals surface area contributed by atoms with Gasteiger partial charge in [0.05, 0.1) is 16.3 Å². The molecular formula is C21H31N3O4S2. The van der Waals surface area contributed by atoms with E-state index in [1.54, 1.807) is 31.2 Å². The van der Waals surface area contributed by atoms with Gasteiger partial charge in [-0.2, -0.15) is 21.9 Å². The van der Waals surface area contributed by atoms with Gasteiger partial charge in [0.2, 0.25) is 10.0 Å². The molecule has 0 saturated carbocycles. The van der Waals surface area contributed by atoms with E-state index in [1.165, 1.54) is 11.2 Å². The molecule has 1 aliphatic rings. The van der Waals surface area contributed by atoms with Crippen LogP contribution in [0.15, 0.2) is 34.1 Å². The Labute approximate surface area is 180 Å². The zero-order valence-corrected chi connectivity index (χ0v) is 20.1.